The molecular formula is C21H21N3O3. The molecule has 0 aliphatic rings. The Kier molecular flexibility index (Phi) is 5.89. The fraction of sp³-hybridized carbons (Fsp3) is 0.143. The number of methoxy groups -OCH3 is 2. The van der Waals surface area contributed by atoms with Crippen LogP contribution < -0.4 is 20.1 Å². The minimum absolute atomic E-state index is 0.240. The number of carbonyl (C=O) groups excluding carboxylic acids is 1. The lowest BCUT2D eigenvalue weighted by Crippen LogP contribution is -2.15. The number of hydrogen-bond donors (Lipinski definition) is 2. The number of nitrogens with zero attached hydrogens (tertiary/aromatic N) is 1. The molecule has 27 heavy (non-hydrogen) atoms. The van der Waals surface area contributed by atoms with Gasteiger partial charge in [-0.3, -0.25) is 4.79 Å². The van der Waals surface area contributed by atoms with E-state index < -0.39 is 0 Å². The molecule has 0 bridgehead atoms. The molecule has 0 radical (unpaired) electrons. The van der Waals surface area contributed by atoms with Crippen molar-refractivity contribution in [1.29, 1.82) is 0 Å². The van der Waals surface area contributed by atoms with Crippen molar-refractivity contribution in [1.82, 2.24) is 4.98 Å². The molecule has 3 aromatic rings. The van der Waals surface area contributed by atoms with E-state index in [-0.39, 0.29) is 5.91 Å². The Balaban J connectivity index is 1.73. The summed E-state index contributed by atoms with van der Waals surface area (Å²) in [5, 5.41) is 6.09. The Hall–Kier alpha value is -3.54. The third-order valence-electron chi connectivity index (χ3n) is 4.04. The van der Waals surface area contributed by atoms with Crippen LogP contribution in [0.15, 0.2) is 66.9 Å². The number of aromatic nitrogens is 1. The maximum atomic E-state index is 12.7. The lowest BCUT2D eigenvalue weighted by atomic mass is 10.2. The van der Waals surface area contributed by atoms with Crippen LogP contribution in [0.2, 0.25) is 0 Å². The number of hydrogen-bond acceptors (Lipinski definition) is 5. The first-order valence-electron chi connectivity index (χ1n) is 8.47. The highest BCUT2D eigenvalue weighted by atomic mass is 16.5. The van der Waals surface area contributed by atoms with Crippen molar-refractivity contribution in [3.05, 3.63) is 78.0 Å². The molecule has 0 saturated carbocycles. The Morgan fingerprint density at radius 1 is 0.963 bits per heavy atom. The van der Waals surface area contributed by atoms with E-state index in [1.807, 2.05) is 24.3 Å². The van der Waals surface area contributed by atoms with Crippen molar-refractivity contribution < 1.29 is 14.3 Å². The third-order valence-corrected chi connectivity index (χ3v) is 4.04. The van der Waals surface area contributed by atoms with Crippen LogP contribution in [0.1, 0.15) is 15.9 Å². The molecule has 0 saturated heterocycles. The second-order valence-electron chi connectivity index (χ2n) is 5.75. The standard InChI is InChI=1S/C21H21N3O3/c1-26-17-11-9-16(10-12-17)24-21(25)18-7-5-13-22-20(18)23-14-15-6-3-4-8-19(15)27-2/h3-13H,14H2,1-2H3,(H,22,23)(H,24,25). The van der Waals surface area contributed by atoms with Gasteiger partial charge in [0.2, 0.25) is 0 Å². The summed E-state index contributed by atoms with van der Waals surface area (Å²) in [6.45, 7) is 0.490. The van der Waals surface area contributed by atoms with Crippen molar-refractivity contribution in [3.8, 4) is 11.5 Å². The summed E-state index contributed by atoms with van der Waals surface area (Å²) >= 11 is 0. The fourth-order valence-electron chi connectivity index (χ4n) is 2.63. The molecule has 2 N–H and O–H groups in total. The van der Waals surface area contributed by atoms with Crippen molar-refractivity contribution in [2.24, 2.45) is 0 Å². The average molecular weight is 363 g/mol. The minimum atomic E-state index is -0.240. The predicted octanol–water partition coefficient (Wildman–Crippen LogP) is 3.96. The third kappa shape index (κ3) is 4.55. The van der Waals surface area contributed by atoms with E-state index in [4.69, 9.17) is 9.47 Å². The first kappa shape index (κ1) is 18.3. The van der Waals surface area contributed by atoms with E-state index in [0.717, 1.165) is 17.1 Å². The maximum Gasteiger partial charge on any atom is 0.259 e. The molecule has 6 nitrogen and oxygen atoms in total. The van der Waals surface area contributed by atoms with E-state index in [9.17, 15) is 4.79 Å². The molecule has 0 aliphatic carbocycles. The molecule has 6 heteroatoms. The van der Waals surface area contributed by atoms with Gasteiger partial charge in [-0.05, 0) is 42.5 Å². The molecule has 0 unspecified atom stereocenters. The van der Waals surface area contributed by atoms with E-state index in [1.165, 1.54) is 0 Å². The van der Waals surface area contributed by atoms with E-state index >= 15 is 0 Å². The number of amides is 1. The van der Waals surface area contributed by atoms with Crippen LogP contribution in [-0.4, -0.2) is 25.1 Å². The lowest BCUT2D eigenvalue weighted by molar-refractivity contribution is 0.102. The molecular weight excluding hydrogens is 342 g/mol. The van der Waals surface area contributed by atoms with Gasteiger partial charge in [-0.2, -0.15) is 0 Å². The van der Waals surface area contributed by atoms with Crippen LogP contribution >= 0.6 is 0 Å². The largest absolute Gasteiger partial charge is 0.497 e. The Labute approximate surface area is 158 Å². The number of para-hydroxylation sites is 1. The Morgan fingerprint density at radius 3 is 2.48 bits per heavy atom. The average Bonchev–Trinajstić information content (AvgIpc) is 2.73. The molecule has 0 atom stereocenters. The van der Waals surface area contributed by atoms with Gasteiger partial charge in [0, 0.05) is 24.0 Å². The van der Waals surface area contributed by atoms with Gasteiger partial charge in [0.1, 0.15) is 17.3 Å². The van der Waals surface area contributed by atoms with E-state index in [1.54, 1.807) is 56.8 Å². The smallest absolute Gasteiger partial charge is 0.259 e. The number of benzene rings is 2. The zero-order valence-corrected chi connectivity index (χ0v) is 15.2. The van der Waals surface area contributed by atoms with Crippen LogP contribution in [0.25, 0.3) is 0 Å². The summed E-state index contributed by atoms with van der Waals surface area (Å²) < 4.78 is 10.5. The molecule has 3 rings (SSSR count). The minimum Gasteiger partial charge on any atom is -0.497 e. The molecule has 0 aliphatic heterocycles. The van der Waals surface area contributed by atoms with Gasteiger partial charge >= 0.3 is 0 Å². The van der Waals surface area contributed by atoms with Crippen molar-refractivity contribution >= 4 is 17.4 Å². The van der Waals surface area contributed by atoms with Crippen LogP contribution in [-0.2, 0) is 6.54 Å². The van der Waals surface area contributed by atoms with Crippen molar-refractivity contribution in [2.75, 3.05) is 24.9 Å². The number of rotatable bonds is 7. The first-order chi connectivity index (χ1) is 13.2. The van der Waals surface area contributed by atoms with Gasteiger partial charge in [-0.15, -0.1) is 0 Å². The van der Waals surface area contributed by atoms with Gasteiger partial charge in [-0.1, -0.05) is 18.2 Å². The molecule has 1 aromatic heterocycles. The molecule has 0 spiro atoms. The molecule has 1 amide bonds. The van der Waals surface area contributed by atoms with Crippen LogP contribution in [0, 0.1) is 0 Å². The number of pyridine rings is 1. The SMILES string of the molecule is COc1ccc(NC(=O)c2cccnc2NCc2ccccc2OC)cc1. The van der Waals surface area contributed by atoms with Crippen molar-refractivity contribution in [3.63, 3.8) is 0 Å². The predicted molar refractivity (Wildman–Crippen MR) is 106 cm³/mol. The van der Waals surface area contributed by atoms with Gasteiger partial charge in [0.05, 0.1) is 19.8 Å². The summed E-state index contributed by atoms with van der Waals surface area (Å²) in [6.07, 6.45) is 1.65. The second kappa shape index (κ2) is 8.71. The number of anilines is 2. The van der Waals surface area contributed by atoms with Crippen molar-refractivity contribution in [2.45, 2.75) is 6.54 Å². The molecule has 1 heterocycles. The quantitative estimate of drug-likeness (QED) is 0.665. The molecule has 2 aromatic carbocycles. The van der Waals surface area contributed by atoms with Crippen LogP contribution in [0.3, 0.4) is 0 Å². The first-order valence-corrected chi connectivity index (χ1v) is 8.47. The van der Waals surface area contributed by atoms with Gasteiger partial charge in [-0.25, -0.2) is 4.98 Å². The summed E-state index contributed by atoms with van der Waals surface area (Å²) in [6, 6.07) is 18.3. The van der Waals surface area contributed by atoms with Gasteiger partial charge in [0.25, 0.3) is 5.91 Å². The number of ether oxygens (including phenoxy) is 2. The zero-order valence-electron chi connectivity index (χ0n) is 15.2. The fourth-order valence-corrected chi connectivity index (χ4v) is 2.63. The van der Waals surface area contributed by atoms with Gasteiger partial charge in [0.15, 0.2) is 0 Å². The Bertz CT molecular complexity index is 911. The molecule has 0 fully saturated rings. The zero-order chi connectivity index (χ0) is 19.1. The van der Waals surface area contributed by atoms with E-state index in [2.05, 4.69) is 15.6 Å². The highest BCUT2D eigenvalue weighted by Gasteiger charge is 2.13. The summed E-state index contributed by atoms with van der Waals surface area (Å²) in [5.74, 6) is 1.78. The number of nitrogens with one attached hydrogen (secondary N) is 2. The topological polar surface area (TPSA) is 72.5 Å². The number of carbonyl (C=O) groups is 1. The van der Waals surface area contributed by atoms with Gasteiger partial charge < -0.3 is 20.1 Å². The maximum absolute atomic E-state index is 12.7. The summed E-state index contributed by atoms with van der Waals surface area (Å²) in [7, 11) is 3.23. The summed E-state index contributed by atoms with van der Waals surface area (Å²) in [4.78, 5) is 17.0. The highest BCUT2D eigenvalue weighted by Crippen LogP contribution is 2.21. The highest BCUT2D eigenvalue weighted by molar-refractivity contribution is 6.07. The second-order valence-corrected chi connectivity index (χ2v) is 5.75. The monoisotopic (exact) mass is 363 g/mol. The normalized spacial score (nSPS) is 10.1. The lowest BCUT2D eigenvalue weighted by Gasteiger charge is -2.13. The van der Waals surface area contributed by atoms with Crippen LogP contribution in [0.4, 0.5) is 11.5 Å². The van der Waals surface area contributed by atoms with Crippen LogP contribution in [0.5, 0.6) is 11.5 Å². The Morgan fingerprint density at radius 2 is 1.74 bits per heavy atom. The van der Waals surface area contributed by atoms with E-state index in [0.29, 0.717) is 23.6 Å². The summed E-state index contributed by atoms with van der Waals surface area (Å²) in [5.41, 5.74) is 2.12. The molecule has 138 valence electrons.